The highest BCUT2D eigenvalue weighted by atomic mass is 32.2. The second-order valence-electron chi connectivity index (χ2n) is 2.86. The zero-order valence-electron chi connectivity index (χ0n) is 8.39. The van der Waals surface area contributed by atoms with Crippen LogP contribution in [-0.4, -0.2) is 55.9 Å². The number of aliphatic hydroxyl groups is 1. The van der Waals surface area contributed by atoms with E-state index in [1.807, 2.05) is 0 Å². The second kappa shape index (κ2) is 5.54. The Bertz CT molecular complexity index is 226. The van der Waals surface area contributed by atoms with Crippen LogP contribution in [0.1, 0.15) is 13.3 Å². The van der Waals surface area contributed by atoms with Gasteiger partial charge in [0, 0.05) is 33.8 Å². The van der Waals surface area contributed by atoms with Crippen molar-refractivity contribution in [2.24, 2.45) is 0 Å². The highest BCUT2D eigenvalue weighted by Gasteiger charge is 2.21. The molecule has 0 aliphatic carbocycles. The minimum atomic E-state index is -3.31. The third-order valence-electron chi connectivity index (χ3n) is 1.71. The SMILES string of the molecule is CCN(CCCO)S(=O)(=O)N(C)C. The summed E-state index contributed by atoms with van der Waals surface area (Å²) >= 11 is 0. The Labute approximate surface area is 80.1 Å². The molecule has 80 valence electrons. The van der Waals surface area contributed by atoms with Gasteiger partial charge >= 0.3 is 0 Å². The van der Waals surface area contributed by atoms with Crippen molar-refractivity contribution in [3.05, 3.63) is 0 Å². The van der Waals surface area contributed by atoms with Gasteiger partial charge in [0.15, 0.2) is 0 Å². The van der Waals surface area contributed by atoms with Crippen molar-refractivity contribution in [3.8, 4) is 0 Å². The van der Waals surface area contributed by atoms with Crippen molar-refractivity contribution in [2.45, 2.75) is 13.3 Å². The van der Waals surface area contributed by atoms with Crippen LogP contribution in [0, 0.1) is 0 Å². The van der Waals surface area contributed by atoms with Gasteiger partial charge in [0.25, 0.3) is 10.2 Å². The molecule has 0 saturated carbocycles. The molecule has 0 bridgehead atoms. The third-order valence-corrected chi connectivity index (χ3v) is 3.72. The van der Waals surface area contributed by atoms with Crippen LogP contribution in [0.25, 0.3) is 0 Å². The molecule has 0 fully saturated rings. The van der Waals surface area contributed by atoms with Crippen molar-refractivity contribution >= 4 is 10.2 Å². The zero-order chi connectivity index (χ0) is 10.5. The van der Waals surface area contributed by atoms with Gasteiger partial charge in [-0.1, -0.05) is 6.92 Å². The molecule has 1 N–H and O–H groups in total. The van der Waals surface area contributed by atoms with Crippen LogP contribution in [0.2, 0.25) is 0 Å². The molecule has 0 aromatic carbocycles. The van der Waals surface area contributed by atoms with Gasteiger partial charge in [0.2, 0.25) is 0 Å². The van der Waals surface area contributed by atoms with Crippen LogP contribution in [0.4, 0.5) is 0 Å². The fourth-order valence-corrected chi connectivity index (χ4v) is 2.06. The molecular weight excluding hydrogens is 192 g/mol. The van der Waals surface area contributed by atoms with E-state index in [2.05, 4.69) is 0 Å². The van der Waals surface area contributed by atoms with Crippen molar-refractivity contribution in [1.82, 2.24) is 8.61 Å². The molecule has 0 rings (SSSR count). The maximum atomic E-state index is 11.5. The summed E-state index contributed by atoms with van der Waals surface area (Å²) in [5, 5.41) is 8.58. The van der Waals surface area contributed by atoms with E-state index in [1.165, 1.54) is 22.7 Å². The van der Waals surface area contributed by atoms with Gasteiger partial charge in [0.1, 0.15) is 0 Å². The predicted octanol–water partition coefficient (Wildman–Crippen LogP) is -0.503. The number of aliphatic hydroxyl groups excluding tert-OH is 1. The fourth-order valence-electron chi connectivity index (χ4n) is 0.915. The molecule has 6 heteroatoms. The van der Waals surface area contributed by atoms with Crippen LogP contribution in [0.3, 0.4) is 0 Å². The fraction of sp³-hybridized carbons (Fsp3) is 1.00. The highest BCUT2D eigenvalue weighted by Crippen LogP contribution is 2.04. The quantitative estimate of drug-likeness (QED) is 0.643. The topological polar surface area (TPSA) is 60.9 Å². The first-order chi connectivity index (χ1) is 5.96. The van der Waals surface area contributed by atoms with Gasteiger partial charge in [-0.15, -0.1) is 0 Å². The van der Waals surface area contributed by atoms with Crippen LogP contribution < -0.4 is 0 Å². The average molecular weight is 210 g/mol. The van der Waals surface area contributed by atoms with E-state index in [4.69, 9.17) is 5.11 Å². The lowest BCUT2D eigenvalue weighted by molar-refractivity contribution is 0.268. The molecule has 0 atom stereocenters. The van der Waals surface area contributed by atoms with Crippen LogP contribution in [0.5, 0.6) is 0 Å². The Morgan fingerprint density at radius 3 is 2.15 bits per heavy atom. The van der Waals surface area contributed by atoms with Gasteiger partial charge in [-0.05, 0) is 6.42 Å². The van der Waals surface area contributed by atoms with E-state index in [-0.39, 0.29) is 6.61 Å². The highest BCUT2D eigenvalue weighted by molar-refractivity contribution is 7.86. The average Bonchev–Trinajstić information content (AvgIpc) is 2.05. The van der Waals surface area contributed by atoms with Crippen LogP contribution in [0.15, 0.2) is 0 Å². The molecule has 0 radical (unpaired) electrons. The number of nitrogens with zero attached hydrogens (tertiary/aromatic N) is 2. The Hall–Kier alpha value is -0.170. The molecule has 0 spiro atoms. The third kappa shape index (κ3) is 3.60. The van der Waals surface area contributed by atoms with E-state index in [1.54, 1.807) is 6.92 Å². The van der Waals surface area contributed by atoms with Gasteiger partial charge < -0.3 is 5.11 Å². The van der Waals surface area contributed by atoms with Crippen molar-refractivity contribution < 1.29 is 13.5 Å². The molecule has 0 aliphatic heterocycles. The summed E-state index contributed by atoms with van der Waals surface area (Å²) in [4.78, 5) is 0. The summed E-state index contributed by atoms with van der Waals surface area (Å²) in [6.45, 7) is 2.59. The molecular formula is C7H18N2O3S. The molecule has 0 aliphatic rings. The first kappa shape index (κ1) is 12.8. The Balaban J connectivity index is 4.39. The molecule has 5 nitrogen and oxygen atoms in total. The van der Waals surface area contributed by atoms with Crippen LogP contribution in [-0.2, 0) is 10.2 Å². The Morgan fingerprint density at radius 1 is 1.31 bits per heavy atom. The van der Waals surface area contributed by atoms with Gasteiger partial charge in [-0.2, -0.15) is 17.0 Å². The lowest BCUT2D eigenvalue weighted by atomic mass is 10.4. The lowest BCUT2D eigenvalue weighted by Gasteiger charge is -2.23. The van der Waals surface area contributed by atoms with Gasteiger partial charge in [-0.3, -0.25) is 0 Å². The van der Waals surface area contributed by atoms with Crippen LogP contribution >= 0.6 is 0 Å². The van der Waals surface area contributed by atoms with Gasteiger partial charge in [0.05, 0.1) is 0 Å². The summed E-state index contributed by atoms with van der Waals surface area (Å²) in [6.07, 6.45) is 0.473. The first-order valence-electron chi connectivity index (χ1n) is 4.25. The summed E-state index contributed by atoms with van der Waals surface area (Å²) in [6, 6.07) is 0. The van der Waals surface area contributed by atoms with E-state index < -0.39 is 10.2 Å². The second-order valence-corrected chi connectivity index (χ2v) is 5.00. The van der Waals surface area contributed by atoms with E-state index in [0.717, 1.165) is 0 Å². The lowest BCUT2D eigenvalue weighted by Crippen LogP contribution is -2.40. The largest absolute Gasteiger partial charge is 0.396 e. The first-order valence-corrected chi connectivity index (χ1v) is 5.65. The standard InChI is InChI=1S/C7H18N2O3S/c1-4-9(6-5-7-10)13(11,12)8(2)3/h10H,4-7H2,1-3H3. The Morgan fingerprint density at radius 2 is 1.85 bits per heavy atom. The molecule has 0 aromatic heterocycles. The number of hydrogen-bond donors (Lipinski definition) is 1. The maximum absolute atomic E-state index is 11.5. The molecule has 0 heterocycles. The summed E-state index contributed by atoms with van der Waals surface area (Å²) in [5.74, 6) is 0. The van der Waals surface area contributed by atoms with E-state index in [9.17, 15) is 8.42 Å². The summed E-state index contributed by atoms with van der Waals surface area (Å²) in [5.41, 5.74) is 0. The van der Waals surface area contributed by atoms with E-state index in [0.29, 0.717) is 19.5 Å². The van der Waals surface area contributed by atoms with Crippen molar-refractivity contribution in [3.63, 3.8) is 0 Å². The molecule has 0 unspecified atom stereocenters. The molecule has 0 aromatic rings. The predicted molar refractivity (Wildman–Crippen MR) is 51.6 cm³/mol. The van der Waals surface area contributed by atoms with Crippen molar-refractivity contribution in [2.75, 3.05) is 33.8 Å². The zero-order valence-corrected chi connectivity index (χ0v) is 9.21. The normalized spacial score (nSPS) is 12.8. The van der Waals surface area contributed by atoms with Crippen molar-refractivity contribution in [1.29, 1.82) is 0 Å². The minimum absolute atomic E-state index is 0.0133. The minimum Gasteiger partial charge on any atom is -0.396 e. The van der Waals surface area contributed by atoms with E-state index >= 15 is 0 Å². The smallest absolute Gasteiger partial charge is 0.281 e. The molecule has 0 saturated heterocycles. The summed E-state index contributed by atoms with van der Waals surface area (Å²) < 4.78 is 25.6. The number of hydrogen-bond acceptors (Lipinski definition) is 3. The summed E-state index contributed by atoms with van der Waals surface area (Å²) in [7, 11) is -0.312. The number of rotatable bonds is 6. The molecule has 0 amide bonds. The monoisotopic (exact) mass is 210 g/mol. The van der Waals surface area contributed by atoms with Gasteiger partial charge in [-0.25, -0.2) is 0 Å². The molecule has 13 heavy (non-hydrogen) atoms. The Kier molecular flexibility index (Phi) is 5.46. The maximum Gasteiger partial charge on any atom is 0.281 e.